The Hall–Kier alpha value is -1.75. The molecule has 1 amide bonds. The minimum atomic E-state index is -0.146. The SMILES string of the molecule is CNC1CCN(C(=O)c2cc(O)cc(O)c2)CC1C. The van der Waals surface area contributed by atoms with Gasteiger partial charge in [0.25, 0.3) is 5.91 Å². The lowest BCUT2D eigenvalue weighted by Crippen LogP contribution is -2.49. The van der Waals surface area contributed by atoms with Crippen LogP contribution >= 0.6 is 0 Å². The molecule has 19 heavy (non-hydrogen) atoms. The van der Waals surface area contributed by atoms with Crippen LogP contribution in [-0.2, 0) is 0 Å². The Kier molecular flexibility index (Phi) is 3.95. The van der Waals surface area contributed by atoms with Crippen molar-refractivity contribution in [1.82, 2.24) is 10.2 Å². The highest BCUT2D eigenvalue weighted by Crippen LogP contribution is 2.24. The lowest BCUT2D eigenvalue weighted by molar-refractivity contribution is 0.0648. The smallest absolute Gasteiger partial charge is 0.254 e. The number of amides is 1. The predicted octanol–water partition coefficient (Wildman–Crippen LogP) is 1.17. The molecule has 104 valence electrons. The molecule has 2 atom stereocenters. The van der Waals surface area contributed by atoms with E-state index in [0.29, 0.717) is 30.6 Å². The molecule has 5 heteroatoms. The number of benzene rings is 1. The van der Waals surface area contributed by atoms with Crippen LogP contribution in [0.25, 0.3) is 0 Å². The standard InChI is InChI=1S/C14H20N2O3/c1-9-8-16(4-3-13(9)15-2)14(19)10-5-11(17)7-12(18)6-10/h5-7,9,13,15,17-18H,3-4,8H2,1-2H3. The van der Waals surface area contributed by atoms with Gasteiger partial charge in [-0.15, -0.1) is 0 Å². The molecule has 0 spiro atoms. The number of carbonyl (C=O) groups excluding carboxylic acids is 1. The number of aromatic hydroxyl groups is 2. The normalized spacial score (nSPS) is 23.4. The Labute approximate surface area is 112 Å². The monoisotopic (exact) mass is 264 g/mol. The van der Waals surface area contributed by atoms with Gasteiger partial charge in [-0.25, -0.2) is 0 Å². The molecule has 2 unspecified atom stereocenters. The van der Waals surface area contributed by atoms with Gasteiger partial charge in [-0.05, 0) is 31.5 Å². The third-order valence-corrected chi connectivity index (χ3v) is 3.71. The van der Waals surface area contributed by atoms with Crippen molar-refractivity contribution < 1.29 is 15.0 Å². The zero-order valence-corrected chi connectivity index (χ0v) is 11.3. The molecule has 0 bridgehead atoms. The van der Waals surface area contributed by atoms with Crippen LogP contribution in [0.4, 0.5) is 0 Å². The molecule has 1 aromatic carbocycles. The quantitative estimate of drug-likeness (QED) is 0.749. The van der Waals surface area contributed by atoms with Gasteiger partial charge in [-0.3, -0.25) is 4.79 Å². The number of hydrogen-bond acceptors (Lipinski definition) is 4. The van der Waals surface area contributed by atoms with Crippen molar-refractivity contribution in [3.8, 4) is 11.5 Å². The van der Waals surface area contributed by atoms with Crippen molar-refractivity contribution in [3.05, 3.63) is 23.8 Å². The number of nitrogens with one attached hydrogen (secondary N) is 1. The Morgan fingerprint density at radius 1 is 1.32 bits per heavy atom. The molecule has 0 aliphatic carbocycles. The number of nitrogens with zero attached hydrogens (tertiary/aromatic N) is 1. The van der Waals surface area contributed by atoms with E-state index in [-0.39, 0.29) is 17.4 Å². The third-order valence-electron chi connectivity index (χ3n) is 3.71. The summed E-state index contributed by atoms with van der Waals surface area (Å²) in [5.41, 5.74) is 0.326. The summed E-state index contributed by atoms with van der Waals surface area (Å²) in [5.74, 6) is 0.0456. The van der Waals surface area contributed by atoms with Crippen molar-refractivity contribution in [1.29, 1.82) is 0 Å². The maximum Gasteiger partial charge on any atom is 0.254 e. The van der Waals surface area contributed by atoms with Crippen molar-refractivity contribution in [2.24, 2.45) is 5.92 Å². The minimum Gasteiger partial charge on any atom is -0.508 e. The van der Waals surface area contributed by atoms with E-state index in [0.717, 1.165) is 6.42 Å². The number of hydrogen-bond donors (Lipinski definition) is 3. The van der Waals surface area contributed by atoms with Gasteiger partial charge in [0.1, 0.15) is 11.5 Å². The number of piperidine rings is 1. The molecular formula is C14H20N2O3. The highest BCUT2D eigenvalue weighted by atomic mass is 16.3. The first-order valence-corrected chi connectivity index (χ1v) is 6.51. The summed E-state index contributed by atoms with van der Waals surface area (Å²) >= 11 is 0. The average molecular weight is 264 g/mol. The number of carbonyl (C=O) groups is 1. The van der Waals surface area contributed by atoms with E-state index in [1.165, 1.54) is 18.2 Å². The van der Waals surface area contributed by atoms with Gasteiger partial charge in [0.2, 0.25) is 0 Å². The average Bonchev–Trinajstić information content (AvgIpc) is 2.36. The molecule has 5 nitrogen and oxygen atoms in total. The van der Waals surface area contributed by atoms with E-state index in [2.05, 4.69) is 12.2 Å². The van der Waals surface area contributed by atoms with E-state index in [9.17, 15) is 15.0 Å². The minimum absolute atomic E-state index is 0.0958. The van der Waals surface area contributed by atoms with Gasteiger partial charge in [0, 0.05) is 30.8 Å². The molecule has 0 aromatic heterocycles. The summed E-state index contributed by atoms with van der Waals surface area (Å²) in [4.78, 5) is 14.1. The molecule has 1 aromatic rings. The summed E-state index contributed by atoms with van der Waals surface area (Å²) in [6.45, 7) is 3.48. The van der Waals surface area contributed by atoms with Gasteiger partial charge in [0.05, 0.1) is 0 Å². The van der Waals surface area contributed by atoms with Crippen molar-refractivity contribution in [2.75, 3.05) is 20.1 Å². The zero-order valence-electron chi connectivity index (χ0n) is 11.3. The Balaban J connectivity index is 2.12. The molecule has 1 saturated heterocycles. The first kappa shape index (κ1) is 13.7. The topological polar surface area (TPSA) is 72.8 Å². The molecule has 1 fully saturated rings. The van der Waals surface area contributed by atoms with E-state index < -0.39 is 0 Å². The lowest BCUT2D eigenvalue weighted by atomic mass is 9.93. The number of rotatable bonds is 2. The van der Waals surface area contributed by atoms with Gasteiger partial charge in [-0.2, -0.15) is 0 Å². The van der Waals surface area contributed by atoms with Crippen LogP contribution in [0.3, 0.4) is 0 Å². The first-order chi connectivity index (χ1) is 9.01. The fraction of sp³-hybridized carbons (Fsp3) is 0.500. The predicted molar refractivity (Wildman–Crippen MR) is 72.3 cm³/mol. The molecule has 2 rings (SSSR count). The third kappa shape index (κ3) is 2.98. The van der Waals surface area contributed by atoms with E-state index >= 15 is 0 Å². The van der Waals surface area contributed by atoms with Crippen molar-refractivity contribution >= 4 is 5.91 Å². The molecule has 1 heterocycles. The highest BCUT2D eigenvalue weighted by molar-refractivity contribution is 5.95. The first-order valence-electron chi connectivity index (χ1n) is 6.51. The molecule has 3 N–H and O–H groups in total. The second-order valence-electron chi connectivity index (χ2n) is 5.15. The summed E-state index contributed by atoms with van der Waals surface area (Å²) in [5, 5.41) is 22.1. The van der Waals surface area contributed by atoms with Crippen molar-refractivity contribution in [2.45, 2.75) is 19.4 Å². The van der Waals surface area contributed by atoms with Crippen molar-refractivity contribution in [3.63, 3.8) is 0 Å². The number of phenols is 2. The number of likely N-dealkylation sites (tertiary alicyclic amines) is 1. The van der Waals surface area contributed by atoms with Gasteiger partial charge >= 0.3 is 0 Å². The summed E-state index contributed by atoms with van der Waals surface area (Å²) in [7, 11) is 1.94. The maximum absolute atomic E-state index is 12.3. The van der Waals surface area contributed by atoms with Gasteiger partial charge in [0.15, 0.2) is 0 Å². The van der Waals surface area contributed by atoms with E-state index in [1.807, 2.05) is 7.05 Å². The van der Waals surface area contributed by atoms with Crippen LogP contribution < -0.4 is 5.32 Å². The molecule has 1 aliphatic heterocycles. The zero-order chi connectivity index (χ0) is 14.0. The molecule has 0 radical (unpaired) electrons. The van der Waals surface area contributed by atoms with Crippen LogP contribution in [0.5, 0.6) is 11.5 Å². The van der Waals surface area contributed by atoms with Crippen LogP contribution in [0, 0.1) is 5.92 Å². The van der Waals surface area contributed by atoms with Gasteiger partial charge in [-0.1, -0.05) is 6.92 Å². The largest absolute Gasteiger partial charge is 0.508 e. The summed E-state index contributed by atoms with van der Waals surface area (Å²) < 4.78 is 0. The Morgan fingerprint density at radius 3 is 2.47 bits per heavy atom. The van der Waals surface area contributed by atoms with Crippen LogP contribution in [0.2, 0.25) is 0 Å². The summed E-state index contributed by atoms with van der Waals surface area (Å²) in [6, 6.07) is 4.42. The van der Waals surface area contributed by atoms with Gasteiger partial charge < -0.3 is 20.4 Å². The summed E-state index contributed by atoms with van der Waals surface area (Å²) in [6.07, 6.45) is 0.911. The van der Waals surface area contributed by atoms with E-state index in [4.69, 9.17) is 0 Å². The Morgan fingerprint density at radius 2 is 1.95 bits per heavy atom. The number of phenolic OH excluding ortho intramolecular Hbond substituents is 2. The highest BCUT2D eigenvalue weighted by Gasteiger charge is 2.28. The maximum atomic E-state index is 12.3. The fourth-order valence-corrected chi connectivity index (χ4v) is 2.66. The lowest BCUT2D eigenvalue weighted by Gasteiger charge is -2.36. The molecular weight excluding hydrogens is 244 g/mol. The molecule has 1 aliphatic rings. The second kappa shape index (κ2) is 5.48. The second-order valence-corrected chi connectivity index (χ2v) is 5.15. The van der Waals surface area contributed by atoms with Crippen LogP contribution in [-0.4, -0.2) is 47.2 Å². The van der Waals surface area contributed by atoms with E-state index in [1.54, 1.807) is 4.90 Å². The van der Waals surface area contributed by atoms with Crippen LogP contribution in [0.15, 0.2) is 18.2 Å². The van der Waals surface area contributed by atoms with Crippen LogP contribution in [0.1, 0.15) is 23.7 Å². The fourth-order valence-electron chi connectivity index (χ4n) is 2.66. The Bertz CT molecular complexity index is 456. The molecule has 0 saturated carbocycles.